The van der Waals surface area contributed by atoms with Gasteiger partial charge in [0.05, 0.1) is 19.7 Å². The molecule has 1 aliphatic heterocycles. The van der Waals surface area contributed by atoms with Gasteiger partial charge in [0.25, 0.3) is 11.8 Å². The topological polar surface area (TPSA) is 137 Å². The molecule has 5 amide bonds. The fraction of sp³-hybridized carbons (Fsp3) is 0.690. The zero-order valence-electron chi connectivity index (χ0n) is 25.7. The van der Waals surface area contributed by atoms with Gasteiger partial charge in [0.15, 0.2) is 0 Å². The maximum absolute atomic E-state index is 13.4. The number of nitrogens with zero attached hydrogens (tertiary/aromatic N) is 2. The first-order valence-electron chi connectivity index (χ1n) is 13.9. The van der Waals surface area contributed by atoms with E-state index < -0.39 is 47.8 Å². The minimum absolute atomic E-state index is 0.0422. The van der Waals surface area contributed by atoms with Gasteiger partial charge < -0.3 is 20.7 Å². The van der Waals surface area contributed by atoms with Crippen LogP contribution >= 0.6 is 0 Å². The van der Waals surface area contributed by atoms with Crippen LogP contribution in [0.1, 0.15) is 61.3 Å². The maximum atomic E-state index is 13.4. The average molecular weight is 564 g/mol. The fourth-order valence-corrected chi connectivity index (χ4v) is 4.56. The number of rotatable bonds is 15. The van der Waals surface area contributed by atoms with E-state index in [1.54, 1.807) is 6.92 Å². The molecule has 0 aromatic heterocycles. The van der Waals surface area contributed by atoms with Crippen molar-refractivity contribution in [2.45, 2.75) is 85.5 Å². The van der Waals surface area contributed by atoms with Gasteiger partial charge in [-0.1, -0.05) is 47.6 Å². The molecule has 11 heteroatoms. The highest BCUT2D eigenvalue weighted by Gasteiger charge is 2.32. The lowest BCUT2D eigenvalue weighted by Crippen LogP contribution is -2.57. The minimum Gasteiger partial charge on any atom is -0.499 e. The second-order valence-corrected chi connectivity index (χ2v) is 11.8. The molecule has 1 heterocycles. The van der Waals surface area contributed by atoms with Crippen molar-refractivity contribution >= 4 is 29.5 Å². The average Bonchev–Trinajstić information content (AvgIpc) is 3.21. The first-order valence-corrected chi connectivity index (χ1v) is 13.9. The lowest BCUT2D eigenvalue weighted by molar-refractivity contribution is -0.137. The van der Waals surface area contributed by atoms with Gasteiger partial charge in [-0.25, -0.2) is 0 Å². The number of methoxy groups -OCH3 is 1. The Balaban J connectivity index is 2.93. The Labute approximate surface area is 239 Å². The van der Waals surface area contributed by atoms with Crippen LogP contribution in [0.3, 0.4) is 0 Å². The van der Waals surface area contributed by atoms with Gasteiger partial charge >= 0.3 is 0 Å². The van der Waals surface area contributed by atoms with Crippen LogP contribution in [-0.2, 0) is 28.7 Å². The summed E-state index contributed by atoms with van der Waals surface area (Å²) in [6.45, 7) is 13.5. The van der Waals surface area contributed by atoms with E-state index >= 15 is 0 Å². The van der Waals surface area contributed by atoms with Gasteiger partial charge in [-0.3, -0.25) is 33.8 Å². The number of imide groups is 1. The summed E-state index contributed by atoms with van der Waals surface area (Å²) in [5.74, 6) is -1.38. The molecule has 3 N–H and O–H groups in total. The molecule has 226 valence electrons. The van der Waals surface area contributed by atoms with Crippen molar-refractivity contribution in [2.24, 2.45) is 17.8 Å². The summed E-state index contributed by atoms with van der Waals surface area (Å²) < 4.78 is 5.03. The maximum Gasteiger partial charge on any atom is 0.257 e. The third kappa shape index (κ3) is 11.1. The number of carbonyl (C=O) groups is 5. The predicted octanol–water partition coefficient (Wildman–Crippen LogP) is 1.59. The molecule has 0 aliphatic carbocycles. The van der Waals surface area contributed by atoms with E-state index in [1.807, 2.05) is 60.5 Å². The van der Waals surface area contributed by atoms with Crippen LogP contribution in [0.5, 0.6) is 0 Å². The molecule has 4 atom stereocenters. The van der Waals surface area contributed by atoms with Crippen LogP contribution < -0.4 is 16.0 Å². The molecule has 0 fully saturated rings. The van der Waals surface area contributed by atoms with E-state index in [2.05, 4.69) is 16.0 Å². The Morgan fingerprint density at radius 3 is 1.82 bits per heavy atom. The second-order valence-electron chi connectivity index (χ2n) is 11.8. The summed E-state index contributed by atoms with van der Waals surface area (Å²) in [5.41, 5.74) is 0. The molecular formula is C29H49N5O6. The van der Waals surface area contributed by atoms with Crippen LogP contribution in [0.25, 0.3) is 0 Å². The van der Waals surface area contributed by atoms with E-state index in [9.17, 15) is 24.0 Å². The predicted molar refractivity (Wildman–Crippen MR) is 154 cm³/mol. The van der Waals surface area contributed by atoms with Crippen LogP contribution in [0.15, 0.2) is 24.0 Å². The van der Waals surface area contributed by atoms with Crippen LogP contribution in [0.4, 0.5) is 0 Å². The Bertz CT molecular complexity index is 964. The molecule has 0 aromatic rings. The van der Waals surface area contributed by atoms with Crippen LogP contribution in [0.2, 0.25) is 0 Å². The first kappa shape index (κ1) is 34.8. The lowest BCUT2D eigenvalue weighted by Gasteiger charge is -2.30. The molecule has 0 saturated heterocycles. The van der Waals surface area contributed by atoms with E-state index in [0.29, 0.717) is 18.6 Å². The summed E-state index contributed by atoms with van der Waals surface area (Å²) in [6.07, 6.45) is 4.78. The van der Waals surface area contributed by atoms with Gasteiger partial charge in [-0.2, -0.15) is 0 Å². The molecule has 40 heavy (non-hydrogen) atoms. The number of likely N-dealkylation sites (N-methyl/N-ethyl adjacent to an activating group) is 1. The van der Waals surface area contributed by atoms with E-state index in [0.717, 1.165) is 4.90 Å². The highest BCUT2D eigenvalue weighted by atomic mass is 16.5. The molecule has 0 unspecified atom stereocenters. The Hall–Kier alpha value is -3.21. The summed E-state index contributed by atoms with van der Waals surface area (Å²) >= 11 is 0. The van der Waals surface area contributed by atoms with Crippen molar-refractivity contribution in [3.8, 4) is 0 Å². The second kappa shape index (κ2) is 16.2. The monoisotopic (exact) mass is 563 g/mol. The fourth-order valence-electron chi connectivity index (χ4n) is 4.56. The first-order chi connectivity index (χ1) is 18.6. The molecule has 1 aliphatic rings. The molecule has 1 rings (SSSR count). The number of nitrogens with one attached hydrogen (secondary N) is 3. The SMILES string of the molecule is COC1=CC(=O)N(C(=O)/C=C/[C@H](C)NC(=O)[C@H](CC(C)C)NC(=O)[C@H](CC(C)C)NC(=O)[C@H](C(C)C)N(C)C)C1. The van der Waals surface area contributed by atoms with Crippen molar-refractivity contribution < 1.29 is 28.7 Å². The number of ether oxygens (including phenoxy) is 1. The molecule has 0 saturated carbocycles. The highest BCUT2D eigenvalue weighted by Crippen LogP contribution is 2.13. The molecule has 0 aromatic carbocycles. The van der Waals surface area contributed by atoms with Crippen molar-refractivity contribution in [2.75, 3.05) is 27.7 Å². The van der Waals surface area contributed by atoms with E-state index in [4.69, 9.17) is 4.74 Å². The summed E-state index contributed by atoms with van der Waals surface area (Å²) in [7, 11) is 5.08. The third-order valence-corrected chi connectivity index (χ3v) is 6.43. The zero-order valence-corrected chi connectivity index (χ0v) is 25.7. The van der Waals surface area contributed by atoms with Crippen molar-refractivity contribution in [3.63, 3.8) is 0 Å². The quantitative estimate of drug-likeness (QED) is 0.257. The molecule has 0 bridgehead atoms. The van der Waals surface area contributed by atoms with Crippen molar-refractivity contribution in [1.29, 1.82) is 0 Å². The normalized spacial score (nSPS) is 16.8. The number of carbonyl (C=O) groups excluding carboxylic acids is 5. The molecule has 0 spiro atoms. The molecule has 11 nitrogen and oxygen atoms in total. The number of hydrogen-bond donors (Lipinski definition) is 3. The summed E-state index contributed by atoms with van der Waals surface area (Å²) in [6, 6.07) is -2.59. The molecular weight excluding hydrogens is 514 g/mol. The number of amides is 5. The van der Waals surface area contributed by atoms with Gasteiger partial charge in [0.2, 0.25) is 17.7 Å². The zero-order chi connectivity index (χ0) is 30.7. The van der Waals surface area contributed by atoms with Crippen LogP contribution in [-0.4, -0.2) is 91.3 Å². The molecule has 0 radical (unpaired) electrons. The summed E-state index contributed by atoms with van der Waals surface area (Å²) in [4.78, 5) is 66.9. The number of hydrogen-bond acceptors (Lipinski definition) is 7. The highest BCUT2D eigenvalue weighted by molar-refractivity contribution is 6.07. The van der Waals surface area contributed by atoms with E-state index in [-0.39, 0.29) is 30.2 Å². The van der Waals surface area contributed by atoms with Gasteiger partial charge in [0, 0.05) is 18.2 Å². The van der Waals surface area contributed by atoms with Gasteiger partial charge in [-0.05, 0) is 51.6 Å². The van der Waals surface area contributed by atoms with Crippen molar-refractivity contribution in [3.05, 3.63) is 24.0 Å². The minimum atomic E-state index is -0.839. The van der Waals surface area contributed by atoms with Gasteiger partial charge in [0.1, 0.15) is 17.8 Å². The largest absolute Gasteiger partial charge is 0.499 e. The Kier molecular flexibility index (Phi) is 14.1. The third-order valence-electron chi connectivity index (χ3n) is 6.43. The Morgan fingerprint density at radius 2 is 1.40 bits per heavy atom. The van der Waals surface area contributed by atoms with Crippen molar-refractivity contribution in [1.82, 2.24) is 25.8 Å². The Morgan fingerprint density at radius 1 is 0.900 bits per heavy atom. The smallest absolute Gasteiger partial charge is 0.257 e. The standard InChI is InChI=1S/C29H49N5O6/c1-17(2)13-22(27(37)30-20(7)11-12-24(35)34-16-21(40-10)15-25(34)36)31-28(38)23(14-18(3)4)32-29(39)26(19(5)6)33(8)9/h11-12,15,17-20,22-23,26H,13-14,16H2,1-10H3,(H,30,37)(H,31,38)(H,32,39)/b12-11+/t20-,22-,23-,26-/m0/s1. The van der Waals surface area contributed by atoms with Gasteiger partial charge in [-0.15, -0.1) is 0 Å². The lowest BCUT2D eigenvalue weighted by atomic mass is 9.98. The summed E-state index contributed by atoms with van der Waals surface area (Å²) in [5, 5.41) is 8.55. The van der Waals surface area contributed by atoms with Crippen LogP contribution in [0, 0.1) is 17.8 Å². The van der Waals surface area contributed by atoms with E-state index in [1.165, 1.54) is 25.3 Å².